The maximum Gasteiger partial charge on any atom is 0.125 e. The molecule has 1 aliphatic heterocycles. The van der Waals surface area contributed by atoms with Gasteiger partial charge in [0.05, 0.1) is 0 Å². The Balaban J connectivity index is 2.21. The first-order valence-electron chi connectivity index (χ1n) is 4.98. The Hall–Kier alpha value is -1.09. The molecule has 1 fully saturated rings. The fourth-order valence-electron chi connectivity index (χ4n) is 1.70. The normalized spacial score (nSPS) is 15.4. The number of hydrogen-bond acceptors (Lipinski definition) is 2. The summed E-state index contributed by atoms with van der Waals surface area (Å²) in [5.74, 6) is -0.139. The Morgan fingerprint density at radius 2 is 2.14 bits per heavy atom. The van der Waals surface area contributed by atoms with Crippen molar-refractivity contribution in [1.29, 1.82) is 0 Å². The molecular formula is C11H15FN2. The van der Waals surface area contributed by atoms with E-state index in [0.717, 1.165) is 30.9 Å². The molecule has 1 aromatic rings. The number of hydrogen-bond donors (Lipinski definition) is 1. The van der Waals surface area contributed by atoms with Gasteiger partial charge in [0.15, 0.2) is 0 Å². The minimum atomic E-state index is -0.139. The molecule has 2 rings (SSSR count). The maximum absolute atomic E-state index is 13.2. The number of nitrogens with zero attached hydrogens (tertiary/aromatic N) is 1. The second kappa shape index (κ2) is 3.96. The highest BCUT2D eigenvalue weighted by atomic mass is 19.1. The number of nitrogens with one attached hydrogen (secondary N) is 1. The summed E-state index contributed by atoms with van der Waals surface area (Å²) in [6.45, 7) is 2.84. The average molecular weight is 194 g/mol. The highest BCUT2D eigenvalue weighted by Gasteiger charge is 2.15. The van der Waals surface area contributed by atoms with Gasteiger partial charge in [0.25, 0.3) is 0 Å². The molecule has 3 heteroatoms. The quantitative estimate of drug-likeness (QED) is 0.788. The standard InChI is InChI=1S/C11H15FN2/c1-13-8-9-5-10(12)7-11(6-9)14-3-2-4-14/h5-7,13H,2-4,8H2,1H3. The van der Waals surface area contributed by atoms with Crippen LogP contribution < -0.4 is 10.2 Å². The van der Waals surface area contributed by atoms with Crippen molar-refractivity contribution in [3.8, 4) is 0 Å². The summed E-state index contributed by atoms with van der Waals surface area (Å²) >= 11 is 0. The molecule has 0 atom stereocenters. The van der Waals surface area contributed by atoms with Gasteiger partial charge < -0.3 is 10.2 Å². The molecule has 1 saturated heterocycles. The second-order valence-electron chi connectivity index (χ2n) is 3.69. The molecule has 14 heavy (non-hydrogen) atoms. The number of anilines is 1. The first-order valence-corrected chi connectivity index (χ1v) is 4.98. The molecule has 76 valence electrons. The predicted octanol–water partition coefficient (Wildman–Crippen LogP) is 1.76. The van der Waals surface area contributed by atoms with E-state index in [2.05, 4.69) is 16.3 Å². The van der Waals surface area contributed by atoms with Gasteiger partial charge in [-0.2, -0.15) is 0 Å². The molecule has 0 aliphatic carbocycles. The topological polar surface area (TPSA) is 15.3 Å². The molecular weight excluding hydrogens is 179 g/mol. The van der Waals surface area contributed by atoms with Crippen molar-refractivity contribution < 1.29 is 4.39 Å². The molecule has 0 saturated carbocycles. The van der Waals surface area contributed by atoms with Crippen LogP contribution in [-0.2, 0) is 6.54 Å². The van der Waals surface area contributed by atoms with Crippen molar-refractivity contribution in [3.63, 3.8) is 0 Å². The number of benzene rings is 1. The van der Waals surface area contributed by atoms with Crippen LogP contribution in [0.25, 0.3) is 0 Å². The van der Waals surface area contributed by atoms with Gasteiger partial charge in [-0.05, 0) is 37.2 Å². The zero-order valence-electron chi connectivity index (χ0n) is 8.39. The van der Waals surface area contributed by atoms with Gasteiger partial charge in [-0.3, -0.25) is 0 Å². The van der Waals surface area contributed by atoms with Crippen LogP contribution in [0.4, 0.5) is 10.1 Å². The van der Waals surface area contributed by atoms with Crippen molar-refractivity contribution in [3.05, 3.63) is 29.6 Å². The Kier molecular flexibility index (Phi) is 2.68. The smallest absolute Gasteiger partial charge is 0.125 e. The lowest BCUT2D eigenvalue weighted by molar-refractivity contribution is 0.600. The van der Waals surface area contributed by atoms with Gasteiger partial charge in [0.2, 0.25) is 0 Å². The van der Waals surface area contributed by atoms with E-state index >= 15 is 0 Å². The van der Waals surface area contributed by atoms with Crippen LogP contribution in [0.3, 0.4) is 0 Å². The largest absolute Gasteiger partial charge is 0.371 e. The summed E-state index contributed by atoms with van der Waals surface area (Å²) in [4.78, 5) is 2.20. The van der Waals surface area contributed by atoms with Gasteiger partial charge in [-0.25, -0.2) is 4.39 Å². The fourth-order valence-corrected chi connectivity index (χ4v) is 1.70. The molecule has 0 unspecified atom stereocenters. The van der Waals surface area contributed by atoms with Gasteiger partial charge in [-0.15, -0.1) is 0 Å². The van der Waals surface area contributed by atoms with E-state index in [1.165, 1.54) is 6.42 Å². The van der Waals surface area contributed by atoms with E-state index in [9.17, 15) is 4.39 Å². The zero-order chi connectivity index (χ0) is 9.97. The lowest BCUT2D eigenvalue weighted by Gasteiger charge is -2.33. The first kappa shape index (κ1) is 9.46. The monoisotopic (exact) mass is 194 g/mol. The predicted molar refractivity (Wildman–Crippen MR) is 56.0 cm³/mol. The summed E-state index contributed by atoms with van der Waals surface area (Å²) in [5.41, 5.74) is 2.02. The average Bonchev–Trinajstić information content (AvgIpc) is 1.99. The van der Waals surface area contributed by atoms with Crippen LogP contribution in [0.1, 0.15) is 12.0 Å². The van der Waals surface area contributed by atoms with E-state index < -0.39 is 0 Å². The van der Waals surface area contributed by atoms with Crippen LogP contribution in [0.15, 0.2) is 18.2 Å². The molecule has 0 radical (unpaired) electrons. The Bertz CT molecular complexity index is 321. The van der Waals surface area contributed by atoms with Crippen molar-refractivity contribution >= 4 is 5.69 Å². The molecule has 0 bridgehead atoms. The van der Waals surface area contributed by atoms with Crippen LogP contribution in [0.5, 0.6) is 0 Å². The fraction of sp³-hybridized carbons (Fsp3) is 0.455. The van der Waals surface area contributed by atoms with E-state index in [4.69, 9.17) is 0 Å². The molecule has 1 aromatic carbocycles. The second-order valence-corrected chi connectivity index (χ2v) is 3.69. The minimum Gasteiger partial charge on any atom is -0.371 e. The minimum absolute atomic E-state index is 0.139. The number of rotatable bonds is 3. The van der Waals surface area contributed by atoms with Gasteiger partial charge >= 0.3 is 0 Å². The van der Waals surface area contributed by atoms with Crippen molar-refractivity contribution in [2.45, 2.75) is 13.0 Å². The van der Waals surface area contributed by atoms with Crippen LogP contribution in [0.2, 0.25) is 0 Å². The summed E-state index contributed by atoms with van der Waals surface area (Å²) in [7, 11) is 1.87. The van der Waals surface area contributed by atoms with Crippen LogP contribution >= 0.6 is 0 Å². The van der Waals surface area contributed by atoms with E-state index in [1.807, 2.05) is 7.05 Å². The van der Waals surface area contributed by atoms with Gasteiger partial charge in [0, 0.05) is 25.3 Å². The highest BCUT2D eigenvalue weighted by molar-refractivity contribution is 5.50. The lowest BCUT2D eigenvalue weighted by atomic mass is 10.1. The summed E-state index contributed by atoms with van der Waals surface area (Å²) in [6.07, 6.45) is 1.22. The summed E-state index contributed by atoms with van der Waals surface area (Å²) in [6, 6.07) is 5.25. The Morgan fingerprint density at radius 3 is 2.71 bits per heavy atom. The molecule has 2 nitrogen and oxygen atoms in total. The van der Waals surface area contributed by atoms with Crippen LogP contribution in [-0.4, -0.2) is 20.1 Å². The van der Waals surface area contributed by atoms with Crippen molar-refractivity contribution in [1.82, 2.24) is 5.32 Å². The molecule has 0 amide bonds. The van der Waals surface area contributed by atoms with E-state index in [1.54, 1.807) is 12.1 Å². The molecule has 1 heterocycles. The number of halogens is 1. The Labute approximate surface area is 83.7 Å². The molecule has 0 aromatic heterocycles. The van der Waals surface area contributed by atoms with E-state index in [-0.39, 0.29) is 5.82 Å². The lowest BCUT2D eigenvalue weighted by Crippen LogP contribution is -2.37. The maximum atomic E-state index is 13.2. The summed E-state index contributed by atoms with van der Waals surface area (Å²) < 4.78 is 13.2. The van der Waals surface area contributed by atoms with Crippen molar-refractivity contribution in [2.75, 3.05) is 25.0 Å². The zero-order valence-corrected chi connectivity index (χ0v) is 8.39. The van der Waals surface area contributed by atoms with Crippen LogP contribution in [0, 0.1) is 5.82 Å². The summed E-state index contributed by atoms with van der Waals surface area (Å²) in [5, 5.41) is 3.03. The SMILES string of the molecule is CNCc1cc(F)cc(N2CCC2)c1. The Morgan fingerprint density at radius 1 is 1.36 bits per heavy atom. The third kappa shape index (κ3) is 1.87. The third-order valence-corrected chi connectivity index (χ3v) is 2.54. The van der Waals surface area contributed by atoms with Crippen molar-refractivity contribution in [2.24, 2.45) is 0 Å². The first-order chi connectivity index (χ1) is 6.79. The van der Waals surface area contributed by atoms with E-state index in [0.29, 0.717) is 0 Å². The molecule has 0 spiro atoms. The highest BCUT2D eigenvalue weighted by Crippen LogP contribution is 2.23. The molecule has 1 N–H and O–H groups in total. The third-order valence-electron chi connectivity index (χ3n) is 2.54. The molecule has 1 aliphatic rings. The van der Waals surface area contributed by atoms with Gasteiger partial charge in [-0.1, -0.05) is 0 Å². The van der Waals surface area contributed by atoms with Gasteiger partial charge in [0.1, 0.15) is 5.82 Å².